The first-order chi connectivity index (χ1) is 14.7. The highest BCUT2D eigenvalue weighted by atomic mass is 32.1. The Morgan fingerprint density at radius 1 is 1.27 bits per heavy atom. The normalized spacial score (nSPS) is 19.6. The van der Waals surface area contributed by atoms with E-state index < -0.39 is 0 Å². The standard InChI is InChI=1S/C21H22N4O4S/c26-19-10-14(12-25(19)13-16-2-1-7-29-16)20(27)22-15-3-4-17-18(11-15)30-21(23-17)24-5-8-28-9-6-24/h1-4,7,11,14H,5-6,8-10,12-13H2,(H,22,27)/t14-/m0/s1. The zero-order valence-electron chi connectivity index (χ0n) is 16.4. The topological polar surface area (TPSA) is 87.9 Å². The minimum absolute atomic E-state index is 0.0281. The number of morpholine rings is 1. The molecule has 2 aliphatic heterocycles. The summed E-state index contributed by atoms with van der Waals surface area (Å²) in [7, 11) is 0. The van der Waals surface area contributed by atoms with Gasteiger partial charge in [-0.05, 0) is 30.3 Å². The zero-order chi connectivity index (χ0) is 20.5. The number of benzene rings is 1. The molecule has 1 aromatic carbocycles. The fraction of sp³-hybridized carbons (Fsp3) is 0.381. The Bertz CT molecular complexity index is 1060. The molecule has 0 spiro atoms. The molecule has 2 fully saturated rings. The third-order valence-electron chi connectivity index (χ3n) is 5.44. The maximum absolute atomic E-state index is 12.7. The number of carbonyl (C=O) groups is 2. The molecule has 0 unspecified atom stereocenters. The average molecular weight is 426 g/mol. The van der Waals surface area contributed by atoms with Crippen LogP contribution in [0.15, 0.2) is 41.0 Å². The van der Waals surface area contributed by atoms with E-state index in [0.29, 0.717) is 26.3 Å². The summed E-state index contributed by atoms with van der Waals surface area (Å²) in [6, 6.07) is 9.36. The first kappa shape index (κ1) is 19.1. The maximum Gasteiger partial charge on any atom is 0.229 e. The van der Waals surface area contributed by atoms with E-state index in [1.54, 1.807) is 28.6 Å². The number of hydrogen-bond donors (Lipinski definition) is 1. The highest BCUT2D eigenvalue weighted by Gasteiger charge is 2.34. The molecule has 0 saturated carbocycles. The number of nitrogens with one attached hydrogen (secondary N) is 1. The fourth-order valence-corrected chi connectivity index (χ4v) is 4.87. The first-order valence-electron chi connectivity index (χ1n) is 10.00. The van der Waals surface area contributed by atoms with Crippen LogP contribution in [0, 0.1) is 5.92 Å². The second kappa shape index (κ2) is 8.08. The van der Waals surface area contributed by atoms with Crippen LogP contribution < -0.4 is 10.2 Å². The van der Waals surface area contributed by atoms with Crippen LogP contribution in [0.1, 0.15) is 12.2 Å². The number of furan rings is 1. The number of thiazole rings is 1. The average Bonchev–Trinajstić information content (AvgIpc) is 3.49. The number of carbonyl (C=O) groups excluding carboxylic acids is 2. The van der Waals surface area contributed by atoms with Gasteiger partial charge >= 0.3 is 0 Å². The van der Waals surface area contributed by atoms with Crippen molar-refractivity contribution in [2.24, 2.45) is 5.92 Å². The SMILES string of the molecule is O=C(Nc1ccc2nc(N3CCOCC3)sc2c1)[C@H]1CC(=O)N(Cc2ccco2)C1. The molecule has 0 bridgehead atoms. The second-order valence-corrected chi connectivity index (χ2v) is 8.53. The number of anilines is 2. The van der Waals surface area contributed by atoms with Crippen molar-refractivity contribution in [3.63, 3.8) is 0 Å². The molecule has 2 amide bonds. The predicted octanol–water partition coefficient (Wildman–Crippen LogP) is 2.71. The van der Waals surface area contributed by atoms with Gasteiger partial charge in [0.05, 0.1) is 42.2 Å². The van der Waals surface area contributed by atoms with Gasteiger partial charge in [0, 0.05) is 31.7 Å². The summed E-state index contributed by atoms with van der Waals surface area (Å²) in [5.74, 6) is 0.187. The smallest absolute Gasteiger partial charge is 0.229 e. The van der Waals surface area contributed by atoms with Crippen LogP contribution in [0.25, 0.3) is 10.2 Å². The molecular weight excluding hydrogens is 404 g/mol. The van der Waals surface area contributed by atoms with Crippen molar-refractivity contribution in [1.82, 2.24) is 9.88 Å². The lowest BCUT2D eigenvalue weighted by Crippen LogP contribution is -2.36. The Hall–Kier alpha value is -2.91. The Labute approximate surface area is 177 Å². The molecule has 5 rings (SSSR count). The lowest BCUT2D eigenvalue weighted by molar-refractivity contribution is -0.128. The van der Waals surface area contributed by atoms with Gasteiger partial charge in [-0.3, -0.25) is 9.59 Å². The van der Waals surface area contributed by atoms with Crippen LogP contribution in [0.4, 0.5) is 10.8 Å². The molecule has 8 nitrogen and oxygen atoms in total. The summed E-state index contributed by atoms with van der Waals surface area (Å²) in [6.07, 6.45) is 1.80. The molecule has 1 atom stereocenters. The zero-order valence-corrected chi connectivity index (χ0v) is 17.2. The molecule has 9 heteroatoms. The van der Waals surface area contributed by atoms with E-state index in [-0.39, 0.29) is 24.2 Å². The quantitative estimate of drug-likeness (QED) is 0.675. The van der Waals surface area contributed by atoms with Gasteiger partial charge in [-0.2, -0.15) is 0 Å². The molecule has 0 aliphatic carbocycles. The summed E-state index contributed by atoms with van der Waals surface area (Å²) in [5, 5.41) is 3.95. The maximum atomic E-state index is 12.7. The minimum atomic E-state index is -0.367. The third kappa shape index (κ3) is 3.90. The van der Waals surface area contributed by atoms with Crippen LogP contribution >= 0.6 is 11.3 Å². The van der Waals surface area contributed by atoms with Crippen molar-refractivity contribution in [2.45, 2.75) is 13.0 Å². The van der Waals surface area contributed by atoms with Gasteiger partial charge < -0.3 is 24.3 Å². The lowest BCUT2D eigenvalue weighted by Gasteiger charge is -2.25. The van der Waals surface area contributed by atoms with E-state index in [4.69, 9.17) is 14.1 Å². The molecule has 156 valence electrons. The van der Waals surface area contributed by atoms with Gasteiger partial charge in [-0.25, -0.2) is 4.98 Å². The van der Waals surface area contributed by atoms with Crippen molar-refractivity contribution < 1.29 is 18.7 Å². The summed E-state index contributed by atoms with van der Waals surface area (Å²) in [4.78, 5) is 33.6. The van der Waals surface area contributed by atoms with Crippen LogP contribution in [0.5, 0.6) is 0 Å². The second-order valence-electron chi connectivity index (χ2n) is 7.52. The number of likely N-dealkylation sites (tertiary alicyclic amines) is 1. The van der Waals surface area contributed by atoms with Gasteiger partial charge in [0.2, 0.25) is 11.8 Å². The van der Waals surface area contributed by atoms with Crippen molar-refractivity contribution in [3.8, 4) is 0 Å². The largest absolute Gasteiger partial charge is 0.467 e. The van der Waals surface area contributed by atoms with Gasteiger partial charge in [-0.15, -0.1) is 0 Å². The lowest BCUT2D eigenvalue weighted by atomic mass is 10.1. The molecule has 2 aliphatic rings. The summed E-state index contributed by atoms with van der Waals surface area (Å²) >= 11 is 1.62. The van der Waals surface area contributed by atoms with E-state index in [0.717, 1.165) is 39.9 Å². The summed E-state index contributed by atoms with van der Waals surface area (Å²) in [5.41, 5.74) is 1.64. The molecule has 3 aromatic rings. The van der Waals surface area contributed by atoms with Gasteiger partial charge in [0.15, 0.2) is 5.13 Å². The molecule has 2 saturated heterocycles. The molecule has 0 radical (unpaired) electrons. The van der Waals surface area contributed by atoms with Crippen molar-refractivity contribution >= 4 is 44.2 Å². The van der Waals surface area contributed by atoms with Crippen molar-refractivity contribution in [3.05, 3.63) is 42.4 Å². The monoisotopic (exact) mass is 426 g/mol. The fourth-order valence-electron chi connectivity index (χ4n) is 3.82. The van der Waals surface area contributed by atoms with E-state index in [9.17, 15) is 9.59 Å². The van der Waals surface area contributed by atoms with Gasteiger partial charge in [-0.1, -0.05) is 11.3 Å². The number of aromatic nitrogens is 1. The van der Waals surface area contributed by atoms with Crippen molar-refractivity contribution in [2.75, 3.05) is 43.1 Å². The Balaban J connectivity index is 1.24. The number of hydrogen-bond acceptors (Lipinski definition) is 7. The molecular formula is C21H22N4O4S. The van der Waals surface area contributed by atoms with E-state index in [1.807, 2.05) is 24.3 Å². The Morgan fingerprint density at radius 3 is 2.93 bits per heavy atom. The summed E-state index contributed by atoms with van der Waals surface area (Å²) < 4.78 is 11.7. The Kier molecular flexibility index (Phi) is 5.14. The van der Waals surface area contributed by atoms with Crippen molar-refractivity contribution in [1.29, 1.82) is 0 Å². The number of fused-ring (bicyclic) bond motifs is 1. The molecule has 30 heavy (non-hydrogen) atoms. The van der Waals surface area contributed by atoms with E-state index >= 15 is 0 Å². The van der Waals surface area contributed by atoms with E-state index in [1.165, 1.54) is 0 Å². The third-order valence-corrected chi connectivity index (χ3v) is 6.52. The van der Waals surface area contributed by atoms with Gasteiger partial charge in [0.1, 0.15) is 5.76 Å². The number of rotatable bonds is 5. The summed E-state index contributed by atoms with van der Waals surface area (Å²) in [6.45, 7) is 3.91. The first-order valence-corrected chi connectivity index (χ1v) is 10.8. The molecule has 1 N–H and O–H groups in total. The highest BCUT2D eigenvalue weighted by molar-refractivity contribution is 7.22. The number of nitrogens with zero attached hydrogens (tertiary/aromatic N) is 3. The van der Waals surface area contributed by atoms with Crippen LogP contribution in [-0.4, -0.2) is 54.5 Å². The van der Waals surface area contributed by atoms with Crippen LogP contribution in [-0.2, 0) is 20.9 Å². The van der Waals surface area contributed by atoms with Crippen LogP contribution in [0.2, 0.25) is 0 Å². The predicted molar refractivity (Wildman–Crippen MR) is 114 cm³/mol. The molecule has 4 heterocycles. The number of ether oxygens (including phenoxy) is 1. The van der Waals surface area contributed by atoms with E-state index in [2.05, 4.69) is 10.2 Å². The number of amides is 2. The van der Waals surface area contributed by atoms with Gasteiger partial charge in [0.25, 0.3) is 0 Å². The minimum Gasteiger partial charge on any atom is -0.467 e. The van der Waals surface area contributed by atoms with Crippen LogP contribution in [0.3, 0.4) is 0 Å². The highest BCUT2D eigenvalue weighted by Crippen LogP contribution is 2.31. The Morgan fingerprint density at radius 2 is 2.13 bits per heavy atom. The molecule has 2 aromatic heterocycles.